The molecular weight excluding hydrogens is 232 g/mol. The Hall–Kier alpha value is -1.00. The van der Waals surface area contributed by atoms with E-state index in [1.807, 2.05) is 30.5 Å². The van der Waals surface area contributed by atoms with Crippen LogP contribution in [0.25, 0.3) is 0 Å². The van der Waals surface area contributed by atoms with Crippen molar-refractivity contribution in [1.29, 1.82) is 0 Å². The van der Waals surface area contributed by atoms with Gasteiger partial charge in [0.1, 0.15) is 0 Å². The van der Waals surface area contributed by atoms with Crippen LogP contribution in [0.15, 0.2) is 29.2 Å². The van der Waals surface area contributed by atoms with E-state index < -0.39 is 0 Å². The summed E-state index contributed by atoms with van der Waals surface area (Å²) in [6, 6.07) is 8.01. The van der Waals surface area contributed by atoms with Crippen molar-refractivity contribution in [3.8, 4) is 0 Å². The lowest BCUT2D eigenvalue weighted by molar-refractivity contribution is 0.0927. The number of thioether (sulfide) groups is 1. The van der Waals surface area contributed by atoms with E-state index in [-0.39, 0.29) is 11.9 Å². The largest absolute Gasteiger partial charge is 0.348 e. The minimum absolute atomic E-state index is 0.0450. The molecule has 0 bridgehead atoms. The van der Waals surface area contributed by atoms with Gasteiger partial charge in [-0.3, -0.25) is 4.79 Å². The lowest BCUT2D eigenvalue weighted by Crippen LogP contribution is -2.45. The Morgan fingerprint density at radius 3 is 3.00 bits per heavy atom. The van der Waals surface area contributed by atoms with Gasteiger partial charge in [-0.2, -0.15) is 0 Å². The van der Waals surface area contributed by atoms with Gasteiger partial charge < -0.3 is 10.6 Å². The van der Waals surface area contributed by atoms with E-state index in [0.29, 0.717) is 0 Å². The second-order valence-corrected chi connectivity index (χ2v) is 5.07. The van der Waals surface area contributed by atoms with Crippen molar-refractivity contribution in [3.63, 3.8) is 0 Å². The van der Waals surface area contributed by atoms with Gasteiger partial charge >= 0.3 is 0 Å². The smallest absolute Gasteiger partial charge is 0.252 e. The molecule has 1 aromatic rings. The maximum Gasteiger partial charge on any atom is 0.252 e. The van der Waals surface area contributed by atoms with Crippen LogP contribution in [-0.2, 0) is 0 Å². The fourth-order valence-corrected chi connectivity index (χ4v) is 2.67. The fourth-order valence-electron chi connectivity index (χ4n) is 2.07. The Morgan fingerprint density at radius 1 is 1.47 bits per heavy atom. The summed E-state index contributed by atoms with van der Waals surface area (Å²) in [5.74, 6) is 0.0450. The Balaban J connectivity index is 2.03. The number of benzene rings is 1. The molecule has 1 amide bonds. The number of amides is 1. The molecule has 0 aromatic heterocycles. The van der Waals surface area contributed by atoms with Gasteiger partial charge in [0.2, 0.25) is 0 Å². The molecule has 0 unspecified atom stereocenters. The van der Waals surface area contributed by atoms with Crippen LogP contribution in [0.5, 0.6) is 0 Å². The molecule has 1 atom stereocenters. The number of carbonyl (C=O) groups excluding carboxylic acids is 1. The van der Waals surface area contributed by atoms with E-state index in [1.54, 1.807) is 11.8 Å². The topological polar surface area (TPSA) is 41.1 Å². The summed E-state index contributed by atoms with van der Waals surface area (Å²) >= 11 is 1.61. The highest BCUT2D eigenvalue weighted by Crippen LogP contribution is 2.19. The second-order valence-electron chi connectivity index (χ2n) is 4.22. The average molecular weight is 250 g/mol. The normalized spacial score (nSPS) is 19.9. The molecule has 1 saturated heterocycles. The maximum atomic E-state index is 12.1. The van der Waals surface area contributed by atoms with E-state index in [1.165, 1.54) is 0 Å². The number of rotatable bonds is 3. The summed E-state index contributed by atoms with van der Waals surface area (Å²) in [5.41, 5.74) is 0.783. The van der Waals surface area contributed by atoms with Crippen molar-refractivity contribution in [1.82, 2.24) is 10.6 Å². The molecule has 2 N–H and O–H groups in total. The third-order valence-corrected chi connectivity index (χ3v) is 3.78. The minimum Gasteiger partial charge on any atom is -0.348 e. The third kappa shape index (κ3) is 3.23. The SMILES string of the molecule is CSc1ccccc1C(=O)N[C@@H]1CCCNC1. The van der Waals surface area contributed by atoms with Crippen molar-refractivity contribution in [2.75, 3.05) is 19.3 Å². The van der Waals surface area contributed by atoms with Crippen LogP contribution in [0.4, 0.5) is 0 Å². The lowest BCUT2D eigenvalue weighted by Gasteiger charge is -2.24. The molecule has 1 aliphatic heterocycles. The Bertz CT molecular complexity index is 389. The molecule has 1 aliphatic rings. The zero-order chi connectivity index (χ0) is 12.1. The van der Waals surface area contributed by atoms with Crippen LogP contribution >= 0.6 is 11.8 Å². The first-order valence-corrected chi connectivity index (χ1v) is 7.18. The molecule has 4 heteroatoms. The summed E-state index contributed by atoms with van der Waals surface area (Å²) in [6.45, 7) is 1.95. The number of nitrogens with one attached hydrogen (secondary N) is 2. The van der Waals surface area contributed by atoms with Crippen LogP contribution in [0.2, 0.25) is 0 Å². The molecule has 1 heterocycles. The van der Waals surface area contributed by atoms with E-state index >= 15 is 0 Å². The summed E-state index contributed by atoms with van der Waals surface area (Å²) < 4.78 is 0. The quantitative estimate of drug-likeness (QED) is 0.805. The minimum atomic E-state index is 0.0450. The van der Waals surface area contributed by atoms with Gasteiger partial charge in [-0.25, -0.2) is 0 Å². The molecular formula is C13H18N2OS. The van der Waals surface area contributed by atoms with Gasteiger partial charge in [-0.1, -0.05) is 12.1 Å². The highest BCUT2D eigenvalue weighted by Gasteiger charge is 2.17. The molecule has 92 valence electrons. The van der Waals surface area contributed by atoms with E-state index in [9.17, 15) is 4.79 Å². The van der Waals surface area contributed by atoms with Crippen LogP contribution < -0.4 is 10.6 Å². The van der Waals surface area contributed by atoms with Crippen molar-refractivity contribution in [2.45, 2.75) is 23.8 Å². The van der Waals surface area contributed by atoms with E-state index in [2.05, 4.69) is 10.6 Å². The van der Waals surface area contributed by atoms with Crippen LogP contribution in [-0.4, -0.2) is 31.3 Å². The molecule has 3 nitrogen and oxygen atoms in total. The van der Waals surface area contributed by atoms with Crippen LogP contribution in [0.3, 0.4) is 0 Å². The molecule has 0 saturated carbocycles. The standard InChI is InChI=1S/C13H18N2OS/c1-17-12-7-3-2-6-11(12)13(16)15-10-5-4-8-14-9-10/h2-3,6-7,10,14H,4-5,8-9H2,1H3,(H,15,16)/t10-/m1/s1. The highest BCUT2D eigenvalue weighted by molar-refractivity contribution is 7.98. The maximum absolute atomic E-state index is 12.1. The monoisotopic (exact) mass is 250 g/mol. The predicted octanol–water partition coefficient (Wildman–Crippen LogP) is 1.89. The van der Waals surface area contributed by atoms with Crippen LogP contribution in [0, 0.1) is 0 Å². The molecule has 1 aromatic carbocycles. The number of piperidine rings is 1. The zero-order valence-corrected chi connectivity index (χ0v) is 10.8. The first-order valence-electron chi connectivity index (χ1n) is 5.96. The van der Waals surface area contributed by atoms with Gasteiger partial charge in [-0.15, -0.1) is 11.8 Å². The van der Waals surface area contributed by atoms with Gasteiger partial charge in [-0.05, 0) is 37.8 Å². The van der Waals surface area contributed by atoms with Crippen LogP contribution in [0.1, 0.15) is 23.2 Å². The first kappa shape index (κ1) is 12.5. The van der Waals surface area contributed by atoms with Gasteiger partial charge in [0.15, 0.2) is 0 Å². The molecule has 2 rings (SSSR count). The highest BCUT2D eigenvalue weighted by atomic mass is 32.2. The van der Waals surface area contributed by atoms with Crippen molar-refractivity contribution >= 4 is 17.7 Å². The molecule has 0 spiro atoms. The Kier molecular flexibility index (Phi) is 4.45. The number of carbonyl (C=O) groups is 1. The van der Waals surface area contributed by atoms with E-state index in [4.69, 9.17) is 0 Å². The van der Waals surface area contributed by atoms with Crippen molar-refractivity contribution in [2.24, 2.45) is 0 Å². The van der Waals surface area contributed by atoms with Gasteiger partial charge in [0.25, 0.3) is 5.91 Å². The van der Waals surface area contributed by atoms with Gasteiger partial charge in [0.05, 0.1) is 5.56 Å². The average Bonchev–Trinajstić information content (AvgIpc) is 2.40. The summed E-state index contributed by atoms with van der Waals surface area (Å²) in [5, 5.41) is 6.40. The summed E-state index contributed by atoms with van der Waals surface area (Å²) in [4.78, 5) is 13.2. The molecule has 17 heavy (non-hydrogen) atoms. The molecule has 0 aliphatic carbocycles. The summed E-state index contributed by atoms with van der Waals surface area (Å²) in [7, 11) is 0. The number of hydrogen-bond donors (Lipinski definition) is 2. The second kappa shape index (κ2) is 6.07. The first-order chi connectivity index (χ1) is 8.31. The Morgan fingerprint density at radius 2 is 2.29 bits per heavy atom. The lowest BCUT2D eigenvalue weighted by atomic mass is 10.1. The third-order valence-electron chi connectivity index (χ3n) is 2.98. The van der Waals surface area contributed by atoms with E-state index in [0.717, 1.165) is 36.4 Å². The molecule has 0 radical (unpaired) electrons. The Labute approximate surface area is 106 Å². The zero-order valence-electron chi connectivity index (χ0n) is 10.0. The number of hydrogen-bond acceptors (Lipinski definition) is 3. The predicted molar refractivity (Wildman–Crippen MR) is 71.6 cm³/mol. The van der Waals surface area contributed by atoms with Gasteiger partial charge in [0, 0.05) is 17.5 Å². The van der Waals surface area contributed by atoms with Crippen molar-refractivity contribution in [3.05, 3.63) is 29.8 Å². The summed E-state index contributed by atoms with van der Waals surface area (Å²) in [6.07, 6.45) is 4.20. The van der Waals surface area contributed by atoms with Crippen molar-refractivity contribution < 1.29 is 4.79 Å². The molecule has 1 fully saturated rings. The fraction of sp³-hybridized carbons (Fsp3) is 0.462.